The number of rotatable bonds is 5. The second-order valence-electron chi connectivity index (χ2n) is 8.78. The van der Waals surface area contributed by atoms with Crippen LogP contribution in [0, 0.1) is 5.82 Å². The fourth-order valence-corrected chi connectivity index (χ4v) is 5.07. The van der Waals surface area contributed by atoms with Gasteiger partial charge >= 0.3 is 0 Å². The van der Waals surface area contributed by atoms with Crippen molar-refractivity contribution in [1.82, 2.24) is 0 Å². The maximum atomic E-state index is 14.7. The number of likely N-dealkylation sites (tertiary alicyclic amines) is 1. The van der Waals surface area contributed by atoms with Crippen LogP contribution in [-0.2, 0) is 0 Å². The summed E-state index contributed by atoms with van der Waals surface area (Å²) >= 11 is 0. The Morgan fingerprint density at radius 2 is 1.74 bits per heavy atom. The zero-order chi connectivity index (χ0) is 19.4. The predicted octanol–water partition coefficient (Wildman–Crippen LogP) is 5.71. The monoisotopic (exact) mass is 371 g/mol. The average Bonchev–Trinajstić information content (AvgIpc) is 3.07. The molecule has 0 radical (unpaired) electrons. The number of hydrogen-bond acceptors (Lipinski definition) is 1. The molecular formula is C24H36FN2+. The number of benzene rings is 1. The second-order valence-corrected chi connectivity index (χ2v) is 8.78. The smallest absolute Gasteiger partial charge is 0.146 e. The highest BCUT2D eigenvalue weighted by molar-refractivity contribution is 5.51. The molecule has 27 heavy (non-hydrogen) atoms. The first-order valence-electron chi connectivity index (χ1n) is 10.6. The Kier molecular flexibility index (Phi) is 6.41. The van der Waals surface area contributed by atoms with Gasteiger partial charge in [0.25, 0.3) is 0 Å². The van der Waals surface area contributed by atoms with Crippen LogP contribution >= 0.6 is 0 Å². The number of hydrogen-bond donors (Lipinski definition) is 0. The average molecular weight is 372 g/mol. The largest absolute Gasteiger partial charge is 0.365 e. The van der Waals surface area contributed by atoms with Crippen molar-refractivity contribution in [3.8, 4) is 0 Å². The van der Waals surface area contributed by atoms with Crippen LogP contribution in [0.1, 0.15) is 52.4 Å². The highest BCUT2D eigenvalue weighted by Gasteiger charge is 2.34. The minimum atomic E-state index is -0.0918. The van der Waals surface area contributed by atoms with Gasteiger partial charge in [-0.25, -0.2) is 4.39 Å². The van der Waals surface area contributed by atoms with E-state index in [1.807, 2.05) is 12.1 Å². The Hall–Kier alpha value is -1.61. The number of para-hydroxylation sites is 1. The second kappa shape index (κ2) is 8.60. The molecule has 1 aliphatic carbocycles. The van der Waals surface area contributed by atoms with Crippen LogP contribution in [0.3, 0.4) is 0 Å². The van der Waals surface area contributed by atoms with E-state index in [2.05, 4.69) is 45.0 Å². The quantitative estimate of drug-likeness (QED) is 0.600. The Bertz CT molecular complexity index is 684. The molecule has 1 aromatic rings. The molecule has 1 saturated heterocycles. The van der Waals surface area contributed by atoms with Crippen molar-refractivity contribution in [2.45, 2.75) is 64.5 Å². The topological polar surface area (TPSA) is 3.24 Å². The Labute approximate surface area is 165 Å². The van der Waals surface area contributed by atoms with Crippen LogP contribution in [0.25, 0.3) is 0 Å². The zero-order valence-corrected chi connectivity index (χ0v) is 17.5. The summed E-state index contributed by atoms with van der Waals surface area (Å²) in [5.41, 5.74) is 3.63. The van der Waals surface area contributed by atoms with Crippen molar-refractivity contribution in [2.24, 2.45) is 0 Å². The molecule has 2 nitrogen and oxygen atoms in total. The van der Waals surface area contributed by atoms with E-state index in [4.69, 9.17) is 0 Å². The summed E-state index contributed by atoms with van der Waals surface area (Å²) < 4.78 is 15.8. The fourth-order valence-electron chi connectivity index (χ4n) is 5.07. The standard InChI is InChI=1S/C24H36FN2/c1-5-19-17-21(18-20(19)6-2)26(24-13-8-7-12-23(24)25)15-14-22-11-9-10-16-27(22,3)4/h5-8,12-13,21-22H,9-11,14-18H2,1-4H3/q+1. The van der Waals surface area contributed by atoms with Crippen molar-refractivity contribution in [2.75, 3.05) is 32.1 Å². The molecule has 1 aromatic carbocycles. The summed E-state index contributed by atoms with van der Waals surface area (Å²) in [5, 5.41) is 0. The molecule has 1 saturated carbocycles. The lowest BCUT2D eigenvalue weighted by atomic mass is 9.96. The molecule has 3 rings (SSSR count). The lowest BCUT2D eigenvalue weighted by molar-refractivity contribution is -0.920. The van der Waals surface area contributed by atoms with Gasteiger partial charge in [-0.2, -0.15) is 0 Å². The molecule has 3 heteroatoms. The molecule has 1 aliphatic heterocycles. The number of quaternary nitrogens is 1. The van der Waals surface area contributed by atoms with Gasteiger partial charge in [0.05, 0.1) is 32.4 Å². The molecule has 1 unspecified atom stereocenters. The third kappa shape index (κ3) is 4.45. The van der Waals surface area contributed by atoms with Crippen molar-refractivity contribution in [3.63, 3.8) is 0 Å². The maximum absolute atomic E-state index is 14.7. The molecule has 0 aromatic heterocycles. The van der Waals surface area contributed by atoms with E-state index in [-0.39, 0.29) is 5.82 Å². The van der Waals surface area contributed by atoms with Gasteiger partial charge in [-0.3, -0.25) is 0 Å². The highest BCUT2D eigenvalue weighted by atomic mass is 19.1. The van der Waals surface area contributed by atoms with Crippen LogP contribution in [-0.4, -0.2) is 43.8 Å². The molecule has 0 spiro atoms. The first kappa shape index (κ1) is 20.1. The van der Waals surface area contributed by atoms with Crippen molar-refractivity contribution < 1.29 is 8.87 Å². The van der Waals surface area contributed by atoms with Gasteiger partial charge in [-0.15, -0.1) is 0 Å². The number of halogens is 1. The molecule has 0 N–H and O–H groups in total. The molecule has 1 atom stereocenters. The number of nitrogens with zero attached hydrogens (tertiary/aromatic N) is 2. The van der Waals surface area contributed by atoms with E-state index in [1.165, 1.54) is 37.0 Å². The van der Waals surface area contributed by atoms with Gasteiger partial charge in [0.15, 0.2) is 0 Å². The molecule has 2 aliphatic rings. The van der Waals surface area contributed by atoms with E-state index in [0.29, 0.717) is 12.1 Å². The van der Waals surface area contributed by atoms with Crippen molar-refractivity contribution in [3.05, 3.63) is 53.4 Å². The zero-order valence-electron chi connectivity index (χ0n) is 17.5. The number of allylic oxidation sites excluding steroid dienone is 2. The van der Waals surface area contributed by atoms with E-state index in [9.17, 15) is 4.39 Å². The van der Waals surface area contributed by atoms with Gasteiger partial charge in [-0.1, -0.05) is 24.3 Å². The van der Waals surface area contributed by atoms with Crippen LogP contribution < -0.4 is 4.90 Å². The van der Waals surface area contributed by atoms with Gasteiger partial charge < -0.3 is 9.38 Å². The molecular weight excluding hydrogens is 335 g/mol. The van der Waals surface area contributed by atoms with E-state index >= 15 is 0 Å². The van der Waals surface area contributed by atoms with Crippen LogP contribution in [0.2, 0.25) is 0 Å². The lowest BCUT2D eigenvalue weighted by Gasteiger charge is -2.43. The van der Waals surface area contributed by atoms with Gasteiger partial charge in [0, 0.05) is 19.0 Å². The first-order chi connectivity index (χ1) is 13.0. The summed E-state index contributed by atoms with van der Waals surface area (Å²) in [6, 6.07) is 8.36. The van der Waals surface area contributed by atoms with E-state index in [1.54, 1.807) is 12.1 Å². The SMILES string of the molecule is CC=C1CC(N(CCC2CCCC[N+]2(C)C)c2ccccc2F)CC1=CC. The van der Waals surface area contributed by atoms with E-state index < -0.39 is 0 Å². The van der Waals surface area contributed by atoms with E-state index in [0.717, 1.165) is 36.0 Å². The highest BCUT2D eigenvalue weighted by Crippen LogP contribution is 2.37. The van der Waals surface area contributed by atoms with Gasteiger partial charge in [0.2, 0.25) is 0 Å². The summed E-state index contributed by atoms with van der Waals surface area (Å²) in [6.07, 6.45) is 11.6. The minimum absolute atomic E-state index is 0.0918. The molecule has 148 valence electrons. The fraction of sp³-hybridized carbons (Fsp3) is 0.583. The summed E-state index contributed by atoms with van der Waals surface area (Å²) in [6.45, 7) is 6.44. The lowest BCUT2D eigenvalue weighted by Crippen LogP contribution is -2.53. The summed E-state index contributed by atoms with van der Waals surface area (Å²) in [4.78, 5) is 2.37. The van der Waals surface area contributed by atoms with Gasteiger partial charge in [-0.05, 0) is 69.2 Å². The van der Waals surface area contributed by atoms with Gasteiger partial charge in [0.1, 0.15) is 5.82 Å². The summed E-state index contributed by atoms with van der Waals surface area (Å²) in [7, 11) is 4.73. The summed E-state index contributed by atoms with van der Waals surface area (Å²) in [5.74, 6) is -0.0918. The van der Waals surface area contributed by atoms with Crippen LogP contribution in [0.4, 0.5) is 10.1 Å². The number of anilines is 1. The van der Waals surface area contributed by atoms with Crippen molar-refractivity contribution >= 4 is 5.69 Å². The van der Waals surface area contributed by atoms with Crippen LogP contribution in [0.5, 0.6) is 0 Å². The van der Waals surface area contributed by atoms with Crippen molar-refractivity contribution in [1.29, 1.82) is 0 Å². The molecule has 0 bridgehead atoms. The number of piperidine rings is 1. The first-order valence-corrected chi connectivity index (χ1v) is 10.6. The minimum Gasteiger partial charge on any atom is -0.365 e. The Morgan fingerprint density at radius 1 is 1.07 bits per heavy atom. The maximum Gasteiger partial charge on any atom is 0.146 e. The molecule has 2 fully saturated rings. The third-order valence-corrected chi connectivity index (χ3v) is 6.84. The molecule has 1 heterocycles. The van der Waals surface area contributed by atoms with Crippen LogP contribution in [0.15, 0.2) is 47.6 Å². The Balaban J connectivity index is 1.82. The molecule has 0 amide bonds. The third-order valence-electron chi connectivity index (χ3n) is 6.84. The Morgan fingerprint density at radius 3 is 2.33 bits per heavy atom. The normalized spacial score (nSPS) is 28.0. The predicted molar refractivity (Wildman–Crippen MR) is 114 cm³/mol.